The summed E-state index contributed by atoms with van der Waals surface area (Å²) in [7, 11) is 1.65. The predicted molar refractivity (Wildman–Crippen MR) is 33.8 cm³/mol. The molecular formula is C7H8NO. The Labute approximate surface area is 54.5 Å². The molecule has 0 aliphatic carbocycles. The third kappa shape index (κ3) is 1.82. The number of aromatic nitrogens is 1. The van der Waals surface area contributed by atoms with Gasteiger partial charge in [-0.3, -0.25) is 0 Å². The fourth-order valence-electron chi connectivity index (χ4n) is 0.588. The van der Waals surface area contributed by atoms with Crippen LogP contribution in [0.4, 0.5) is 0 Å². The Hall–Kier alpha value is -0.890. The number of nitrogens with zero attached hydrogens (tertiary/aromatic N) is 1. The summed E-state index contributed by atoms with van der Waals surface area (Å²) in [4.78, 5) is 3.92. The molecule has 0 atom stereocenters. The quantitative estimate of drug-likeness (QED) is 0.584. The van der Waals surface area contributed by atoms with E-state index in [9.17, 15) is 0 Å². The standard InChI is InChI=1S/C7H8NO/c1-9-6-7-4-2-3-5-8-7/h2-4H,6H2,1H3. The van der Waals surface area contributed by atoms with Gasteiger partial charge in [-0.1, -0.05) is 6.07 Å². The van der Waals surface area contributed by atoms with E-state index in [1.54, 1.807) is 13.2 Å². The molecule has 0 saturated carbocycles. The molecule has 1 radical (unpaired) electrons. The Morgan fingerprint density at radius 1 is 1.78 bits per heavy atom. The second-order valence-corrected chi connectivity index (χ2v) is 1.69. The highest BCUT2D eigenvalue weighted by molar-refractivity contribution is 5.00. The van der Waals surface area contributed by atoms with E-state index in [1.807, 2.05) is 12.1 Å². The third-order valence-corrected chi connectivity index (χ3v) is 0.960. The first-order valence-corrected chi connectivity index (χ1v) is 2.74. The Balaban J connectivity index is 2.61. The van der Waals surface area contributed by atoms with Crippen LogP contribution in [0.2, 0.25) is 0 Å². The Morgan fingerprint density at radius 2 is 2.67 bits per heavy atom. The van der Waals surface area contributed by atoms with Gasteiger partial charge in [0.1, 0.15) is 0 Å². The monoisotopic (exact) mass is 122 g/mol. The van der Waals surface area contributed by atoms with Crippen molar-refractivity contribution in [3.63, 3.8) is 0 Å². The Morgan fingerprint density at radius 3 is 3.22 bits per heavy atom. The maximum atomic E-state index is 4.85. The first kappa shape index (κ1) is 6.23. The van der Waals surface area contributed by atoms with Gasteiger partial charge in [-0.05, 0) is 12.1 Å². The molecule has 9 heavy (non-hydrogen) atoms. The van der Waals surface area contributed by atoms with Crippen molar-refractivity contribution in [2.45, 2.75) is 6.61 Å². The molecular weight excluding hydrogens is 114 g/mol. The van der Waals surface area contributed by atoms with Crippen molar-refractivity contribution < 1.29 is 4.74 Å². The Kier molecular flexibility index (Phi) is 2.22. The summed E-state index contributed by atoms with van der Waals surface area (Å²) in [6.45, 7) is 0.567. The lowest BCUT2D eigenvalue weighted by Gasteiger charge is -1.93. The fraction of sp³-hybridized carbons (Fsp3) is 0.286. The van der Waals surface area contributed by atoms with Gasteiger partial charge >= 0.3 is 0 Å². The smallest absolute Gasteiger partial charge is 0.0890 e. The molecule has 0 aliphatic heterocycles. The van der Waals surface area contributed by atoms with Crippen LogP contribution in [-0.2, 0) is 11.3 Å². The van der Waals surface area contributed by atoms with Gasteiger partial charge in [0, 0.05) is 7.11 Å². The van der Waals surface area contributed by atoms with Crippen LogP contribution in [0.25, 0.3) is 0 Å². The number of hydrogen-bond donors (Lipinski definition) is 0. The van der Waals surface area contributed by atoms with E-state index in [0.717, 1.165) is 5.69 Å². The van der Waals surface area contributed by atoms with Gasteiger partial charge in [-0.25, -0.2) is 4.98 Å². The average molecular weight is 122 g/mol. The van der Waals surface area contributed by atoms with Gasteiger partial charge in [-0.2, -0.15) is 0 Å². The van der Waals surface area contributed by atoms with Crippen LogP contribution in [0, 0.1) is 6.20 Å². The number of ether oxygens (including phenoxy) is 1. The van der Waals surface area contributed by atoms with E-state index in [0.29, 0.717) is 6.61 Å². The largest absolute Gasteiger partial charge is 0.378 e. The third-order valence-electron chi connectivity index (χ3n) is 0.960. The summed E-state index contributed by atoms with van der Waals surface area (Å²) < 4.78 is 4.85. The highest BCUT2D eigenvalue weighted by Crippen LogP contribution is 1.92. The normalized spacial score (nSPS) is 9.44. The molecule has 0 N–H and O–H groups in total. The number of methoxy groups -OCH3 is 1. The second kappa shape index (κ2) is 3.20. The van der Waals surface area contributed by atoms with Crippen molar-refractivity contribution >= 4 is 0 Å². The van der Waals surface area contributed by atoms with E-state index in [-0.39, 0.29) is 0 Å². The molecule has 1 heterocycles. The SMILES string of the molecule is COCc1ccc[c]n1. The molecule has 0 fully saturated rings. The van der Waals surface area contributed by atoms with Gasteiger partial charge < -0.3 is 4.74 Å². The molecule has 0 saturated heterocycles. The zero-order valence-electron chi connectivity index (χ0n) is 5.29. The number of pyridine rings is 1. The van der Waals surface area contributed by atoms with E-state index >= 15 is 0 Å². The van der Waals surface area contributed by atoms with Crippen molar-refractivity contribution in [2.75, 3.05) is 7.11 Å². The highest BCUT2D eigenvalue weighted by Gasteiger charge is 1.86. The molecule has 47 valence electrons. The second-order valence-electron chi connectivity index (χ2n) is 1.69. The van der Waals surface area contributed by atoms with Crippen LogP contribution in [0.15, 0.2) is 18.2 Å². The van der Waals surface area contributed by atoms with Crippen LogP contribution < -0.4 is 0 Å². The first-order chi connectivity index (χ1) is 4.43. The number of rotatable bonds is 2. The maximum absolute atomic E-state index is 4.85. The molecule has 1 aromatic rings. The maximum Gasteiger partial charge on any atom is 0.0890 e. The number of hydrogen-bond acceptors (Lipinski definition) is 2. The molecule has 0 spiro atoms. The van der Waals surface area contributed by atoms with Crippen molar-refractivity contribution in [1.29, 1.82) is 0 Å². The van der Waals surface area contributed by atoms with Gasteiger partial charge in [-0.15, -0.1) is 0 Å². The van der Waals surface area contributed by atoms with Gasteiger partial charge in [0.25, 0.3) is 0 Å². The first-order valence-electron chi connectivity index (χ1n) is 2.74. The average Bonchev–Trinajstić information content (AvgIpc) is 1.91. The summed E-state index contributed by atoms with van der Waals surface area (Å²) >= 11 is 0. The van der Waals surface area contributed by atoms with Crippen LogP contribution in [0.5, 0.6) is 0 Å². The zero-order valence-corrected chi connectivity index (χ0v) is 5.29. The van der Waals surface area contributed by atoms with E-state index in [4.69, 9.17) is 4.74 Å². The summed E-state index contributed by atoms with van der Waals surface area (Å²) in [5.41, 5.74) is 0.917. The van der Waals surface area contributed by atoms with Crippen LogP contribution in [0.1, 0.15) is 5.69 Å². The molecule has 0 aliphatic rings. The molecule has 1 rings (SSSR count). The topological polar surface area (TPSA) is 22.1 Å². The van der Waals surface area contributed by atoms with Gasteiger partial charge in [0.15, 0.2) is 0 Å². The summed E-state index contributed by atoms with van der Waals surface area (Å²) in [5.74, 6) is 0. The van der Waals surface area contributed by atoms with Crippen LogP contribution >= 0.6 is 0 Å². The van der Waals surface area contributed by atoms with Crippen LogP contribution in [0.3, 0.4) is 0 Å². The van der Waals surface area contributed by atoms with Gasteiger partial charge in [0.05, 0.1) is 18.5 Å². The Bertz CT molecular complexity index is 162. The van der Waals surface area contributed by atoms with Crippen LogP contribution in [-0.4, -0.2) is 12.1 Å². The molecule has 0 unspecified atom stereocenters. The lowest BCUT2D eigenvalue weighted by atomic mass is 10.4. The highest BCUT2D eigenvalue weighted by atomic mass is 16.5. The lowest BCUT2D eigenvalue weighted by molar-refractivity contribution is 0.181. The minimum Gasteiger partial charge on any atom is -0.378 e. The van der Waals surface area contributed by atoms with E-state index in [2.05, 4.69) is 11.2 Å². The summed E-state index contributed by atoms with van der Waals surface area (Å²) in [6, 6.07) is 5.56. The molecule has 2 heteroatoms. The molecule has 1 aromatic heterocycles. The molecule has 0 bridgehead atoms. The summed E-state index contributed by atoms with van der Waals surface area (Å²) in [5, 5.41) is 0. The van der Waals surface area contributed by atoms with Crippen molar-refractivity contribution in [1.82, 2.24) is 4.98 Å². The van der Waals surface area contributed by atoms with Crippen molar-refractivity contribution in [3.8, 4) is 0 Å². The van der Waals surface area contributed by atoms with Gasteiger partial charge in [0.2, 0.25) is 0 Å². The zero-order chi connectivity index (χ0) is 6.53. The molecule has 2 nitrogen and oxygen atoms in total. The van der Waals surface area contributed by atoms with E-state index < -0.39 is 0 Å². The van der Waals surface area contributed by atoms with Crippen molar-refractivity contribution in [3.05, 3.63) is 30.1 Å². The fourth-order valence-corrected chi connectivity index (χ4v) is 0.588. The molecule has 0 amide bonds. The molecule has 0 aromatic carbocycles. The minimum atomic E-state index is 0.567. The lowest BCUT2D eigenvalue weighted by Crippen LogP contribution is -1.89. The van der Waals surface area contributed by atoms with Crippen molar-refractivity contribution in [2.24, 2.45) is 0 Å². The minimum absolute atomic E-state index is 0.567. The predicted octanol–water partition coefficient (Wildman–Crippen LogP) is 1.03. The summed E-state index contributed by atoms with van der Waals surface area (Å²) in [6.07, 6.45) is 2.72. The van der Waals surface area contributed by atoms with E-state index in [1.165, 1.54) is 0 Å².